The molecular formula is C13H16N6O8. The Labute approximate surface area is 151 Å². The second-order valence-corrected chi connectivity index (χ2v) is 6.39. The third kappa shape index (κ3) is 3.09. The number of hydrogen-bond donors (Lipinski definition) is 0. The molecule has 3 aliphatic rings. The van der Waals surface area contributed by atoms with Gasteiger partial charge in [-0.2, -0.15) is 0 Å². The van der Waals surface area contributed by atoms with Crippen LogP contribution in [0.5, 0.6) is 0 Å². The average Bonchev–Trinajstić information content (AvgIpc) is 3.18. The maximum atomic E-state index is 12.5. The van der Waals surface area contributed by atoms with E-state index in [1.807, 2.05) is 0 Å². The fourth-order valence-electron chi connectivity index (χ4n) is 3.32. The van der Waals surface area contributed by atoms with Crippen LogP contribution in [0.4, 0.5) is 4.79 Å². The molecule has 14 nitrogen and oxygen atoms in total. The summed E-state index contributed by atoms with van der Waals surface area (Å²) in [6.45, 7) is 3.36. The molecular weight excluding hydrogens is 368 g/mol. The summed E-state index contributed by atoms with van der Waals surface area (Å²) >= 11 is 0. The van der Waals surface area contributed by atoms with Gasteiger partial charge in [-0.15, -0.1) is 0 Å². The summed E-state index contributed by atoms with van der Waals surface area (Å²) in [4.78, 5) is 29.5. The minimum absolute atomic E-state index is 0.0398. The van der Waals surface area contributed by atoms with Crippen molar-refractivity contribution in [3.63, 3.8) is 0 Å². The van der Waals surface area contributed by atoms with E-state index in [-0.39, 0.29) is 6.61 Å². The number of esters is 1. The van der Waals surface area contributed by atoms with Crippen LogP contribution in [0.15, 0.2) is 10.2 Å². The first-order chi connectivity index (χ1) is 12.8. The monoisotopic (exact) mass is 384 g/mol. The molecule has 6 atom stereocenters. The molecule has 0 bridgehead atoms. The van der Waals surface area contributed by atoms with E-state index < -0.39 is 54.1 Å². The van der Waals surface area contributed by atoms with Gasteiger partial charge in [-0.05, 0) is 30.0 Å². The summed E-state index contributed by atoms with van der Waals surface area (Å²) in [6.07, 6.45) is -5.35. The summed E-state index contributed by atoms with van der Waals surface area (Å²) in [5, 5.41) is 6.86. The van der Waals surface area contributed by atoms with Crippen LogP contribution in [0.2, 0.25) is 0 Å². The molecule has 146 valence electrons. The van der Waals surface area contributed by atoms with E-state index >= 15 is 0 Å². The van der Waals surface area contributed by atoms with Gasteiger partial charge in [-0.3, -0.25) is 0 Å². The van der Waals surface area contributed by atoms with Crippen LogP contribution in [0.1, 0.15) is 13.8 Å². The Balaban J connectivity index is 2.09. The Hall–Kier alpha value is -2.76. The number of carbonyl (C=O) groups excluding carboxylic acids is 2. The molecule has 0 saturated carbocycles. The molecule has 3 aliphatic heterocycles. The van der Waals surface area contributed by atoms with Crippen molar-refractivity contribution in [1.82, 2.24) is 0 Å². The number of rotatable bonds is 4. The fourth-order valence-corrected chi connectivity index (χ4v) is 3.32. The second-order valence-electron chi connectivity index (χ2n) is 6.39. The molecule has 3 saturated heterocycles. The third-order valence-electron chi connectivity index (χ3n) is 4.38. The highest BCUT2D eigenvalue weighted by Gasteiger charge is 2.66. The largest absolute Gasteiger partial charge is 0.509 e. The van der Waals surface area contributed by atoms with E-state index in [9.17, 15) is 9.59 Å². The Morgan fingerprint density at radius 3 is 2.44 bits per heavy atom. The number of carbonyl (C=O) groups is 2. The lowest BCUT2D eigenvalue weighted by Gasteiger charge is -2.44. The summed E-state index contributed by atoms with van der Waals surface area (Å²) in [5.41, 5.74) is 15.5. The second kappa shape index (κ2) is 6.76. The van der Waals surface area contributed by atoms with Crippen molar-refractivity contribution in [2.45, 2.75) is 55.8 Å². The molecule has 0 aromatic carbocycles. The van der Waals surface area contributed by atoms with E-state index in [1.165, 1.54) is 0 Å². The van der Waals surface area contributed by atoms with Gasteiger partial charge >= 0.3 is 12.1 Å². The van der Waals surface area contributed by atoms with Crippen molar-refractivity contribution < 1.29 is 38.0 Å². The molecule has 3 unspecified atom stereocenters. The fraction of sp³-hybridized carbons (Fsp3) is 0.846. The van der Waals surface area contributed by atoms with Crippen LogP contribution in [-0.2, 0) is 33.2 Å². The lowest BCUT2D eigenvalue weighted by molar-refractivity contribution is -0.239. The molecule has 27 heavy (non-hydrogen) atoms. The van der Waals surface area contributed by atoms with E-state index in [2.05, 4.69) is 24.8 Å². The molecule has 0 amide bonds. The molecule has 3 rings (SSSR count). The zero-order valence-corrected chi connectivity index (χ0v) is 14.5. The van der Waals surface area contributed by atoms with Crippen molar-refractivity contribution >= 4 is 12.1 Å². The number of fused-ring (bicyclic) bond motifs is 1. The predicted molar refractivity (Wildman–Crippen MR) is 81.7 cm³/mol. The number of nitrogens with zero attached hydrogens (tertiary/aromatic N) is 6. The van der Waals surface area contributed by atoms with E-state index in [0.717, 1.165) is 7.11 Å². The average molecular weight is 384 g/mol. The maximum absolute atomic E-state index is 12.5. The lowest BCUT2D eigenvalue weighted by atomic mass is 9.87. The summed E-state index contributed by atoms with van der Waals surface area (Å²) in [5.74, 6) is -2.09. The Kier molecular flexibility index (Phi) is 4.76. The molecule has 3 fully saturated rings. The van der Waals surface area contributed by atoms with Gasteiger partial charge in [0, 0.05) is 9.82 Å². The van der Waals surface area contributed by atoms with Gasteiger partial charge in [0.25, 0.3) is 5.72 Å². The smallest absolute Gasteiger partial charge is 0.467 e. The van der Waals surface area contributed by atoms with Crippen LogP contribution in [0.3, 0.4) is 0 Å². The number of ether oxygens (including phenoxy) is 6. The van der Waals surface area contributed by atoms with Crippen LogP contribution < -0.4 is 0 Å². The Bertz CT molecular complexity index is 747. The topological polar surface area (TPSA) is 187 Å². The van der Waals surface area contributed by atoms with Crippen molar-refractivity contribution in [1.29, 1.82) is 0 Å². The normalized spacial score (nSPS) is 39.2. The van der Waals surface area contributed by atoms with Gasteiger partial charge in [0.1, 0.15) is 18.2 Å². The molecule has 0 aromatic rings. The number of methoxy groups -OCH3 is 1. The summed E-state index contributed by atoms with van der Waals surface area (Å²) in [7, 11) is 1.03. The first-order valence-corrected chi connectivity index (χ1v) is 7.83. The highest BCUT2D eigenvalue weighted by Crippen LogP contribution is 2.43. The van der Waals surface area contributed by atoms with Gasteiger partial charge in [0.05, 0.1) is 13.7 Å². The first kappa shape index (κ1) is 19.0. The Morgan fingerprint density at radius 1 is 1.19 bits per heavy atom. The van der Waals surface area contributed by atoms with Crippen LogP contribution in [0, 0.1) is 0 Å². The minimum Gasteiger partial charge on any atom is -0.467 e. The highest BCUT2D eigenvalue weighted by atomic mass is 16.8. The van der Waals surface area contributed by atoms with Gasteiger partial charge in [-0.1, -0.05) is 5.11 Å². The van der Waals surface area contributed by atoms with Crippen molar-refractivity contribution in [3.05, 3.63) is 20.9 Å². The molecule has 3 heterocycles. The van der Waals surface area contributed by atoms with Crippen molar-refractivity contribution in [2.75, 3.05) is 13.7 Å². The first-order valence-electron chi connectivity index (χ1n) is 7.83. The van der Waals surface area contributed by atoms with Crippen LogP contribution in [0.25, 0.3) is 20.9 Å². The molecule has 0 aromatic heterocycles. The minimum atomic E-state index is -2.42. The summed E-state index contributed by atoms with van der Waals surface area (Å²) < 4.78 is 31.8. The molecule has 0 spiro atoms. The lowest BCUT2D eigenvalue weighted by Crippen LogP contribution is -2.67. The van der Waals surface area contributed by atoms with Crippen LogP contribution in [-0.4, -0.2) is 67.8 Å². The van der Waals surface area contributed by atoms with E-state index in [1.54, 1.807) is 13.8 Å². The standard InChI is InChI=1S/C13H16N6O8/c1-12(2)23-4-5(26-12)6-7-8(25-11(21)24-7)9(16-18-14)13(27-6,17-19-15)10(20)22-3/h5-9H,4H2,1-3H3/t5-,6?,7+,8?,9?,13-/m1/s1. The number of hydrogen-bond acceptors (Lipinski definition) is 10. The van der Waals surface area contributed by atoms with E-state index in [0.29, 0.717) is 0 Å². The van der Waals surface area contributed by atoms with Crippen molar-refractivity contribution in [3.8, 4) is 0 Å². The highest BCUT2D eigenvalue weighted by molar-refractivity contribution is 5.81. The van der Waals surface area contributed by atoms with Gasteiger partial charge in [0.15, 0.2) is 18.0 Å². The van der Waals surface area contributed by atoms with Gasteiger partial charge in [0.2, 0.25) is 0 Å². The Morgan fingerprint density at radius 2 is 1.89 bits per heavy atom. The zero-order valence-electron chi connectivity index (χ0n) is 14.5. The van der Waals surface area contributed by atoms with Crippen LogP contribution >= 0.6 is 0 Å². The molecule has 0 radical (unpaired) electrons. The van der Waals surface area contributed by atoms with E-state index in [4.69, 9.17) is 34.7 Å². The van der Waals surface area contributed by atoms with Gasteiger partial charge < -0.3 is 28.4 Å². The molecule has 14 heteroatoms. The molecule has 0 N–H and O–H groups in total. The zero-order chi connectivity index (χ0) is 19.8. The van der Waals surface area contributed by atoms with Crippen molar-refractivity contribution in [2.24, 2.45) is 10.2 Å². The maximum Gasteiger partial charge on any atom is 0.509 e. The predicted octanol–water partition coefficient (Wildman–Crippen LogP) is 1.30. The summed E-state index contributed by atoms with van der Waals surface area (Å²) in [6, 6.07) is -1.56. The SMILES string of the molecule is COC(=O)[C@]1(N=[N+]=[N-])OC([C@H]2COC(C)(C)O2)[C@@H]2OC(=O)OC2C1N=[N+]=[N-]. The quantitative estimate of drug-likeness (QED) is 0.300. The molecule has 0 aliphatic carbocycles. The van der Waals surface area contributed by atoms with Gasteiger partial charge in [-0.25, -0.2) is 9.59 Å². The third-order valence-corrected chi connectivity index (χ3v) is 4.38. The number of azide groups is 2.